The highest BCUT2D eigenvalue weighted by Crippen LogP contribution is 2.22. The fourth-order valence-electron chi connectivity index (χ4n) is 1.24. The standard InChI is InChI=1S/C10H15NO3S/c1-7-6-9(4-5-10(7)14-3)15(12,13)8(2)11/h4-6,8H,11H2,1-3H3. The number of methoxy groups -OCH3 is 1. The quantitative estimate of drug-likeness (QED) is 0.842. The molecule has 0 fully saturated rings. The molecule has 0 bridgehead atoms. The van der Waals surface area contributed by atoms with Gasteiger partial charge in [0.1, 0.15) is 11.1 Å². The van der Waals surface area contributed by atoms with Gasteiger partial charge in [0.25, 0.3) is 0 Å². The highest BCUT2D eigenvalue weighted by Gasteiger charge is 2.20. The van der Waals surface area contributed by atoms with Crippen LogP contribution in [-0.4, -0.2) is 20.9 Å². The third-order valence-corrected chi connectivity index (χ3v) is 4.07. The molecule has 84 valence electrons. The number of ether oxygens (including phenoxy) is 1. The van der Waals surface area contributed by atoms with Crippen LogP contribution in [0, 0.1) is 6.92 Å². The lowest BCUT2D eigenvalue weighted by molar-refractivity contribution is 0.411. The number of hydrogen-bond acceptors (Lipinski definition) is 4. The van der Waals surface area contributed by atoms with Gasteiger partial charge in [-0.1, -0.05) is 0 Å². The summed E-state index contributed by atoms with van der Waals surface area (Å²) < 4.78 is 28.5. The van der Waals surface area contributed by atoms with Crippen LogP contribution in [-0.2, 0) is 9.84 Å². The second-order valence-electron chi connectivity index (χ2n) is 3.38. The molecule has 4 nitrogen and oxygen atoms in total. The maximum Gasteiger partial charge on any atom is 0.193 e. The predicted molar refractivity (Wildman–Crippen MR) is 58.6 cm³/mol. The predicted octanol–water partition coefficient (Wildman–Crippen LogP) is 1.08. The minimum atomic E-state index is -3.40. The Morgan fingerprint density at radius 1 is 1.40 bits per heavy atom. The number of rotatable bonds is 3. The summed E-state index contributed by atoms with van der Waals surface area (Å²) in [5, 5.41) is -0.898. The Morgan fingerprint density at radius 2 is 2.00 bits per heavy atom. The molecular formula is C10H15NO3S. The van der Waals surface area contributed by atoms with Crippen LogP contribution in [0.25, 0.3) is 0 Å². The summed E-state index contributed by atoms with van der Waals surface area (Å²) in [6, 6.07) is 4.70. The molecule has 5 heteroatoms. The Hall–Kier alpha value is -1.07. The van der Waals surface area contributed by atoms with Crippen molar-refractivity contribution in [1.29, 1.82) is 0 Å². The van der Waals surface area contributed by atoms with Gasteiger partial charge in [0.15, 0.2) is 9.84 Å². The molecular weight excluding hydrogens is 214 g/mol. The molecule has 0 aromatic heterocycles. The van der Waals surface area contributed by atoms with Gasteiger partial charge >= 0.3 is 0 Å². The van der Waals surface area contributed by atoms with E-state index in [1.807, 2.05) is 0 Å². The first-order valence-electron chi connectivity index (χ1n) is 4.53. The fourth-order valence-corrected chi connectivity index (χ4v) is 2.27. The van der Waals surface area contributed by atoms with E-state index in [0.717, 1.165) is 5.56 Å². The molecule has 1 atom stereocenters. The van der Waals surface area contributed by atoms with Crippen molar-refractivity contribution >= 4 is 9.84 Å². The van der Waals surface area contributed by atoms with E-state index in [2.05, 4.69) is 0 Å². The van der Waals surface area contributed by atoms with Crippen LogP contribution < -0.4 is 10.5 Å². The lowest BCUT2D eigenvalue weighted by Crippen LogP contribution is -2.26. The number of hydrogen-bond donors (Lipinski definition) is 1. The molecule has 0 heterocycles. The van der Waals surface area contributed by atoms with Crippen molar-refractivity contribution in [3.05, 3.63) is 23.8 Å². The first-order valence-corrected chi connectivity index (χ1v) is 6.08. The van der Waals surface area contributed by atoms with Crippen molar-refractivity contribution in [2.45, 2.75) is 24.1 Å². The Kier molecular flexibility index (Phi) is 3.36. The number of sulfone groups is 1. The van der Waals surface area contributed by atoms with Crippen LogP contribution in [0.2, 0.25) is 0 Å². The third kappa shape index (κ3) is 2.30. The average molecular weight is 229 g/mol. The molecule has 15 heavy (non-hydrogen) atoms. The zero-order valence-corrected chi connectivity index (χ0v) is 9.84. The first-order chi connectivity index (χ1) is 6.89. The summed E-state index contributed by atoms with van der Waals surface area (Å²) in [6.07, 6.45) is 0. The topological polar surface area (TPSA) is 69.4 Å². The molecule has 2 N–H and O–H groups in total. The van der Waals surface area contributed by atoms with Gasteiger partial charge in [0, 0.05) is 0 Å². The highest BCUT2D eigenvalue weighted by atomic mass is 32.2. The lowest BCUT2D eigenvalue weighted by atomic mass is 10.2. The van der Waals surface area contributed by atoms with Crippen molar-refractivity contribution in [3.8, 4) is 5.75 Å². The third-order valence-electron chi connectivity index (χ3n) is 2.18. The molecule has 1 aromatic carbocycles. The maximum atomic E-state index is 11.7. The lowest BCUT2D eigenvalue weighted by Gasteiger charge is -2.10. The van der Waals surface area contributed by atoms with E-state index in [4.69, 9.17) is 10.5 Å². The summed E-state index contributed by atoms with van der Waals surface area (Å²) >= 11 is 0. The molecule has 0 saturated heterocycles. The van der Waals surface area contributed by atoms with Crippen molar-refractivity contribution in [1.82, 2.24) is 0 Å². The summed E-state index contributed by atoms with van der Waals surface area (Å²) in [5.41, 5.74) is 6.18. The summed E-state index contributed by atoms with van der Waals surface area (Å²) in [4.78, 5) is 0.232. The first kappa shape index (κ1) is 12.0. The number of nitrogens with two attached hydrogens (primary N) is 1. The largest absolute Gasteiger partial charge is 0.496 e. The smallest absolute Gasteiger partial charge is 0.193 e. The van der Waals surface area contributed by atoms with Gasteiger partial charge in [-0.25, -0.2) is 8.42 Å². The summed E-state index contributed by atoms with van der Waals surface area (Å²) in [5.74, 6) is 0.665. The Bertz CT molecular complexity index is 452. The van der Waals surface area contributed by atoms with E-state index in [1.54, 1.807) is 26.2 Å². The van der Waals surface area contributed by atoms with Crippen molar-refractivity contribution in [2.75, 3.05) is 7.11 Å². The van der Waals surface area contributed by atoms with Crippen molar-refractivity contribution < 1.29 is 13.2 Å². The molecule has 0 saturated carbocycles. The summed E-state index contributed by atoms with van der Waals surface area (Å²) in [6.45, 7) is 3.24. The number of benzene rings is 1. The van der Waals surface area contributed by atoms with Gasteiger partial charge in [0.05, 0.1) is 12.0 Å². The van der Waals surface area contributed by atoms with Gasteiger partial charge in [-0.05, 0) is 37.6 Å². The van der Waals surface area contributed by atoms with Gasteiger partial charge in [-0.15, -0.1) is 0 Å². The highest BCUT2D eigenvalue weighted by molar-refractivity contribution is 7.92. The number of aryl methyl sites for hydroxylation is 1. The Morgan fingerprint density at radius 3 is 2.40 bits per heavy atom. The summed E-state index contributed by atoms with van der Waals surface area (Å²) in [7, 11) is -1.86. The molecule has 0 spiro atoms. The van der Waals surface area contributed by atoms with Gasteiger partial charge in [-0.3, -0.25) is 0 Å². The van der Waals surface area contributed by atoms with E-state index in [1.165, 1.54) is 13.0 Å². The molecule has 1 rings (SSSR count). The second kappa shape index (κ2) is 4.20. The second-order valence-corrected chi connectivity index (χ2v) is 5.69. The fraction of sp³-hybridized carbons (Fsp3) is 0.400. The van der Waals surface area contributed by atoms with E-state index in [0.29, 0.717) is 5.75 Å². The van der Waals surface area contributed by atoms with Crippen LogP contribution in [0.3, 0.4) is 0 Å². The van der Waals surface area contributed by atoms with Gasteiger partial charge in [0.2, 0.25) is 0 Å². The van der Waals surface area contributed by atoms with Crippen LogP contribution in [0.4, 0.5) is 0 Å². The molecule has 1 aromatic rings. The molecule has 1 unspecified atom stereocenters. The minimum Gasteiger partial charge on any atom is -0.496 e. The SMILES string of the molecule is COc1ccc(S(=O)(=O)C(C)N)cc1C. The average Bonchev–Trinajstić information content (AvgIpc) is 2.17. The van der Waals surface area contributed by atoms with E-state index >= 15 is 0 Å². The van der Waals surface area contributed by atoms with E-state index < -0.39 is 15.2 Å². The molecule has 0 amide bonds. The van der Waals surface area contributed by atoms with Gasteiger partial charge in [-0.2, -0.15) is 0 Å². The van der Waals surface area contributed by atoms with Gasteiger partial charge < -0.3 is 10.5 Å². The zero-order valence-electron chi connectivity index (χ0n) is 9.02. The molecule has 0 aliphatic carbocycles. The molecule has 0 aliphatic heterocycles. The van der Waals surface area contributed by atoms with Crippen LogP contribution >= 0.6 is 0 Å². The molecule has 0 radical (unpaired) electrons. The van der Waals surface area contributed by atoms with Crippen LogP contribution in [0.15, 0.2) is 23.1 Å². The Balaban J connectivity index is 3.25. The van der Waals surface area contributed by atoms with E-state index in [-0.39, 0.29) is 4.90 Å². The molecule has 0 aliphatic rings. The Labute approximate surface area is 90.0 Å². The van der Waals surface area contributed by atoms with Crippen molar-refractivity contribution in [3.63, 3.8) is 0 Å². The monoisotopic (exact) mass is 229 g/mol. The van der Waals surface area contributed by atoms with E-state index in [9.17, 15) is 8.42 Å². The maximum absolute atomic E-state index is 11.7. The van der Waals surface area contributed by atoms with Crippen LogP contribution in [0.1, 0.15) is 12.5 Å². The zero-order chi connectivity index (χ0) is 11.6. The normalized spacial score (nSPS) is 13.6. The van der Waals surface area contributed by atoms with Crippen LogP contribution in [0.5, 0.6) is 5.75 Å². The minimum absolute atomic E-state index is 0.232. The van der Waals surface area contributed by atoms with Crippen molar-refractivity contribution in [2.24, 2.45) is 5.73 Å².